The van der Waals surface area contributed by atoms with Crippen molar-refractivity contribution < 1.29 is 4.52 Å². The topological polar surface area (TPSA) is 26.0 Å². The van der Waals surface area contributed by atoms with Gasteiger partial charge in [-0.1, -0.05) is 40.5 Å². The molecule has 3 heteroatoms. The molecule has 1 rings (SSSR count). The Balaban J connectivity index is 3.05. The van der Waals surface area contributed by atoms with E-state index in [0.29, 0.717) is 5.92 Å². The summed E-state index contributed by atoms with van der Waals surface area (Å²) in [5.41, 5.74) is 3.44. The highest BCUT2D eigenvalue weighted by Crippen LogP contribution is 2.21. The number of rotatable bonds is 3. The van der Waals surface area contributed by atoms with Crippen LogP contribution in [0.4, 0.5) is 0 Å². The fraction of sp³-hybridized carbons (Fsp3) is 0.545. The van der Waals surface area contributed by atoms with Crippen LogP contribution in [0.1, 0.15) is 30.9 Å². The Bertz CT molecular complexity index is 320. The minimum atomic E-state index is 0.545. The second-order valence-corrected chi connectivity index (χ2v) is 4.31. The van der Waals surface area contributed by atoms with Crippen molar-refractivity contribution in [3.8, 4) is 0 Å². The zero-order chi connectivity index (χ0) is 10.7. The highest BCUT2D eigenvalue weighted by Gasteiger charge is 2.08. The monoisotopic (exact) mass is 257 g/mol. The molecule has 1 aromatic rings. The number of allylic oxidation sites excluding steroid dienone is 1. The molecule has 0 saturated heterocycles. The normalized spacial score (nSPS) is 12.6. The molecule has 0 bridgehead atoms. The maximum Gasteiger partial charge on any atom is 0.141 e. The number of hydrogen-bond donors (Lipinski definition) is 0. The van der Waals surface area contributed by atoms with Gasteiger partial charge in [-0.25, -0.2) is 0 Å². The second kappa shape index (κ2) is 4.78. The summed E-state index contributed by atoms with van der Waals surface area (Å²) >= 11 is 3.49. The van der Waals surface area contributed by atoms with Crippen molar-refractivity contribution in [1.82, 2.24) is 5.16 Å². The molecule has 78 valence electrons. The smallest absolute Gasteiger partial charge is 0.141 e. The van der Waals surface area contributed by atoms with Gasteiger partial charge >= 0.3 is 0 Å². The van der Waals surface area contributed by atoms with Gasteiger partial charge in [-0.15, -0.1) is 0 Å². The van der Waals surface area contributed by atoms with Crippen LogP contribution in [0.25, 0.3) is 6.08 Å². The molecular formula is C11H16BrNO. The molecule has 1 aromatic heterocycles. The largest absolute Gasteiger partial charge is 0.361 e. The molecule has 0 radical (unpaired) electrons. The highest BCUT2D eigenvalue weighted by atomic mass is 79.9. The summed E-state index contributed by atoms with van der Waals surface area (Å²) in [4.78, 5) is 0. The van der Waals surface area contributed by atoms with E-state index >= 15 is 0 Å². The number of aryl methyl sites for hydroxylation is 2. The van der Waals surface area contributed by atoms with Crippen molar-refractivity contribution in [2.24, 2.45) is 5.92 Å². The summed E-state index contributed by atoms with van der Waals surface area (Å²) in [6, 6.07) is 0. The molecule has 0 saturated carbocycles. The molecule has 14 heavy (non-hydrogen) atoms. The van der Waals surface area contributed by atoms with E-state index in [4.69, 9.17) is 4.52 Å². The molecular weight excluding hydrogens is 242 g/mol. The maximum absolute atomic E-state index is 5.11. The Hall–Kier alpha value is -0.570. The number of nitrogens with zero attached hydrogens (tertiary/aromatic N) is 1. The molecule has 0 aromatic carbocycles. The molecule has 0 N–H and O–H groups in total. The molecule has 0 fully saturated rings. The van der Waals surface area contributed by atoms with E-state index in [1.165, 1.54) is 5.57 Å². The van der Waals surface area contributed by atoms with Crippen molar-refractivity contribution in [1.29, 1.82) is 0 Å². The zero-order valence-corrected chi connectivity index (χ0v) is 10.7. The van der Waals surface area contributed by atoms with Gasteiger partial charge in [-0.2, -0.15) is 0 Å². The lowest BCUT2D eigenvalue weighted by atomic mass is 10.0. The van der Waals surface area contributed by atoms with Gasteiger partial charge in [0.15, 0.2) is 0 Å². The van der Waals surface area contributed by atoms with Gasteiger partial charge < -0.3 is 4.52 Å². The predicted octanol–water partition coefficient (Wildman–Crippen LogP) is 3.73. The van der Waals surface area contributed by atoms with Gasteiger partial charge in [-0.05, 0) is 25.8 Å². The van der Waals surface area contributed by atoms with Crippen molar-refractivity contribution in [3.05, 3.63) is 22.6 Å². The first-order valence-electron chi connectivity index (χ1n) is 4.75. The fourth-order valence-electron chi connectivity index (χ4n) is 1.24. The zero-order valence-electron chi connectivity index (χ0n) is 9.10. The first kappa shape index (κ1) is 11.5. The lowest BCUT2D eigenvalue weighted by molar-refractivity contribution is 0.393. The van der Waals surface area contributed by atoms with Crippen molar-refractivity contribution in [2.45, 2.75) is 27.7 Å². The van der Waals surface area contributed by atoms with E-state index in [1.807, 2.05) is 13.8 Å². The van der Waals surface area contributed by atoms with Crippen LogP contribution in [-0.2, 0) is 0 Å². The SMILES string of the molecule is Cc1noc(C)c1C=C(CBr)C(C)C. The van der Waals surface area contributed by atoms with E-state index in [-0.39, 0.29) is 0 Å². The molecule has 2 nitrogen and oxygen atoms in total. The van der Waals surface area contributed by atoms with Crippen LogP contribution < -0.4 is 0 Å². The van der Waals surface area contributed by atoms with E-state index in [9.17, 15) is 0 Å². The Morgan fingerprint density at radius 3 is 2.50 bits per heavy atom. The Labute approximate surface area is 93.5 Å². The molecule has 0 unspecified atom stereocenters. The standard InChI is InChI=1S/C11H16BrNO/c1-7(2)10(6-12)5-11-8(3)13-14-9(11)4/h5,7H,6H2,1-4H3. The van der Waals surface area contributed by atoms with Crippen molar-refractivity contribution >= 4 is 22.0 Å². The van der Waals surface area contributed by atoms with Crippen LogP contribution in [0.2, 0.25) is 0 Å². The van der Waals surface area contributed by atoms with Gasteiger partial charge in [0, 0.05) is 10.9 Å². The Morgan fingerprint density at radius 2 is 2.14 bits per heavy atom. The predicted molar refractivity (Wildman–Crippen MR) is 62.6 cm³/mol. The lowest BCUT2D eigenvalue weighted by Crippen LogP contribution is -1.95. The summed E-state index contributed by atoms with van der Waals surface area (Å²) < 4.78 is 5.11. The van der Waals surface area contributed by atoms with Gasteiger partial charge in [0.2, 0.25) is 0 Å². The summed E-state index contributed by atoms with van der Waals surface area (Å²) in [5.74, 6) is 1.43. The number of hydrogen-bond acceptors (Lipinski definition) is 2. The third-order valence-electron chi connectivity index (χ3n) is 2.31. The van der Waals surface area contributed by atoms with Crippen LogP contribution >= 0.6 is 15.9 Å². The average molecular weight is 258 g/mol. The van der Waals surface area contributed by atoms with E-state index in [0.717, 1.165) is 22.3 Å². The summed E-state index contributed by atoms with van der Waals surface area (Å²) in [5, 5.41) is 4.83. The van der Waals surface area contributed by atoms with Crippen LogP contribution in [0.15, 0.2) is 10.1 Å². The summed E-state index contributed by atoms with van der Waals surface area (Å²) in [6.07, 6.45) is 2.17. The minimum Gasteiger partial charge on any atom is -0.361 e. The second-order valence-electron chi connectivity index (χ2n) is 3.75. The van der Waals surface area contributed by atoms with Crippen molar-refractivity contribution in [2.75, 3.05) is 5.33 Å². The minimum absolute atomic E-state index is 0.545. The Kier molecular flexibility index (Phi) is 3.93. The highest BCUT2D eigenvalue weighted by molar-refractivity contribution is 9.09. The van der Waals surface area contributed by atoms with Crippen molar-refractivity contribution in [3.63, 3.8) is 0 Å². The molecule has 0 aliphatic rings. The van der Waals surface area contributed by atoms with E-state index in [2.05, 4.69) is 41.0 Å². The summed E-state index contributed by atoms with van der Waals surface area (Å²) in [7, 11) is 0. The molecule has 0 amide bonds. The lowest BCUT2D eigenvalue weighted by Gasteiger charge is -2.07. The molecule has 0 atom stereocenters. The molecule has 0 spiro atoms. The number of alkyl halides is 1. The van der Waals surface area contributed by atoms with Gasteiger partial charge in [0.25, 0.3) is 0 Å². The fourth-order valence-corrected chi connectivity index (χ4v) is 2.05. The first-order valence-corrected chi connectivity index (χ1v) is 5.87. The van der Waals surface area contributed by atoms with Crippen LogP contribution in [0.5, 0.6) is 0 Å². The van der Waals surface area contributed by atoms with Gasteiger partial charge in [0.1, 0.15) is 5.76 Å². The summed E-state index contributed by atoms with van der Waals surface area (Å²) in [6.45, 7) is 8.28. The van der Waals surface area contributed by atoms with Crippen LogP contribution in [0, 0.1) is 19.8 Å². The molecule has 0 aliphatic carbocycles. The van der Waals surface area contributed by atoms with Crippen LogP contribution in [0.3, 0.4) is 0 Å². The first-order chi connectivity index (χ1) is 6.56. The molecule has 0 aliphatic heterocycles. The van der Waals surface area contributed by atoms with Crippen LogP contribution in [-0.4, -0.2) is 10.5 Å². The quantitative estimate of drug-likeness (QED) is 0.772. The number of aromatic nitrogens is 1. The third-order valence-corrected chi connectivity index (χ3v) is 2.96. The van der Waals surface area contributed by atoms with Gasteiger partial charge in [-0.3, -0.25) is 0 Å². The average Bonchev–Trinajstić information content (AvgIpc) is 2.43. The molecule has 1 heterocycles. The third kappa shape index (κ3) is 2.47. The maximum atomic E-state index is 5.11. The van der Waals surface area contributed by atoms with E-state index < -0.39 is 0 Å². The van der Waals surface area contributed by atoms with Gasteiger partial charge in [0.05, 0.1) is 5.69 Å². The number of halogens is 1. The van der Waals surface area contributed by atoms with E-state index in [1.54, 1.807) is 0 Å². The Morgan fingerprint density at radius 1 is 1.50 bits per heavy atom.